The summed E-state index contributed by atoms with van der Waals surface area (Å²) in [5.41, 5.74) is 1.03. The minimum atomic E-state index is -0.440. The molecule has 1 aromatic heterocycles. The molecule has 0 spiro atoms. The third kappa shape index (κ3) is 3.25. The fourth-order valence-electron chi connectivity index (χ4n) is 2.22. The van der Waals surface area contributed by atoms with Crippen molar-refractivity contribution >= 4 is 11.6 Å². The van der Waals surface area contributed by atoms with E-state index in [1.165, 1.54) is 67.0 Å². The summed E-state index contributed by atoms with van der Waals surface area (Å²) in [5.74, 6) is -1.61. The van der Waals surface area contributed by atoms with Crippen LogP contribution in [0.15, 0.2) is 67.0 Å². The van der Waals surface area contributed by atoms with Crippen molar-refractivity contribution in [2.75, 3.05) is 0 Å². The number of halogens is 2. The van der Waals surface area contributed by atoms with E-state index < -0.39 is 11.6 Å². The summed E-state index contributed by atoms with van der Waals surface area (Å²) in [6.07, 6.45) is 2.68. The zero-order valence-corrected chi connectivity index (χ0v) is 12.4. The van der Waals surface area contributed by atoms with Crippen molar-refractivity contribution in [1.82, 2.24) is 4.98 Å². The molecule has 0 atom stereocenters. The number of aromatic nitrogens is 1. The lowest BCUT2D eigenvalue weighted by Crippen LogP contribution is -2.07. The summed E-state index contributed by atoms with van der Waals surface area (Å²) in [7, 11) is 0. The second kappa shape index (κ2) is 6.50. The van der Waals surface area contributed by atoms with Crippen molar-refractivity contribution in [3.05, 3.63) is 101 Å². The Morgan fingerprint density at radius 3 is 1.38 bits per heavy atom. The number of nitrogens with zero attached hydrogens (tertiary/aromatic N) is 1. The minimum Gasteiger partial charge on any atom is -0.289 e. The summed E-state index contributed by atoms with van der Waals surface area (Å²) in [5, 5.41) is 0. The fourth-order valence-corrected chi connectivity index (χ4v) is 2.22. The van der Waals surface area contributed by atoms with Gasteiger partial charge in [-0.15, -0.1) is 0 Å². The minimum absolute atomic E-state index is 0.217. The highest BCUT2D eigenvalue weighted by Gasteiger charge is 2.14. The molecule has 0 saturated carbocycles. The van der Waals surface area contributed by atoms with Gasteiger partial charge in [-0.1, -0.05) is 0 Å². The van der Waals surface area contributed by atoms with E-state index in [1.54, 1.807) is 0 Å². The summed E-state index contributed by atoms with van der Waals surface area (Å²) < 4.78 is 25.9. The molecular formula is C19H11F2NO2. The average Bonchev–Trinajstić information content (AvgIpc) is 2.62. The van der Waals surface area contributed by atoms with Gasteiger partial charge in [0, 0.05) is 34.6 Å². The largest absolute Gasteiger partial charge is 0.289 e. The molecule has 0 aliphatic rings. The molecular weight excluding hydrogens is 312 g/mol. The van der Waals surface area contributed by atoms with Gasteiger partial charge in [0.25, 0.3) is 0 Å². The molecule has 3 rings (SSSR count). The Hall–Kier alpha value is -3.21. The number of hydrogen-bond acceptors (Lipinski definition) is 3. The van der Waals surface area contributed by atoms with Gasteiger partial charge in [0.2, 0.25) is 0 Å². The Labute approximate surface area is 136 Å². The Bertz CT molecular complexity index is 831. The maximum Gasteiger partial charge on any atom is 0.194 e. The highest BCUT2D eigenvalue weighted by molar-refractivity contribution is 6.12. The lowest BCUT2D eigenvalue weighted by molar-refractivity contribution is 0.103. The molecule has 0 amide bonds. The molecule has 0 fully saturated rings. The van der Waals surface area contributed by atoms with E-state index in [9.17, 15) is 18.4 Å². The average molecular weight is 323 g/mol. The Balaban J connectivity index is 1.91. The quantitative estimate of drug-likeness (QED) is 0.686. The maximum atomic E-state index is 12.9. The predicted molar refractivity (Wildman–Crippen MR) is 83.9 cm³/mol. The monoisotopic (exact) mass is 323 g/mol. The number of hydrogen-bond donors (Lipinski definition) is 0. The van der Waals surface area contributed by atoms with Crippen LogP contribution in [0.25, 0.3) is 0 Å². The van der Waals surface area contributed by atoms with E-state index in [4.69, 9.17) is 0 Å². The third-order valence-corrected chi connectivity index (χ3v) is 3.48. The number of carbonyl (C=O) groups excluding carboxylic acids is 2. The van der Waals surface area contributed by atoms with E-state index in [1.807, 2.05) is 0 Å². The fraction of sp³-hybridized carbons (Fsp3) is 0. The molecule has 3 nitrogen and oxygen atoms in total. The molecule has 0 unspecified atom stereocenters. The Morgan fingerprint density at radius 1 is 0.625 bits per heavy atom. The van der Waals surface area contributed by atoms with E-state index in [0.717, 1.165) is 0 Å². The Kier molecular flexibility index (Phi) is 4.24. The van der Waals surface area contributed by atoms with Gasteiger partial charge in [-0.3, -0.25) is 14.6 Å². The van der Waals surface area contributed by atoms with Gasteiger partial charge in [0.1, 0.15) is 11.6 Å². The summed E-state index contributed by atoms with van der Waals surface area (Å²) in [4.78, 5) is 28.7. The molecule has 0 aliphatic heterocycles. The second-order valence-electron chi connectivity index (χ2n) is 5.13. The van der Waals surface area contributed by atoms with Crippen molar-refractivity contribution in [3.63, 3.8) is 0 Å². The van der Waals surface area contributed by atoms with E-state index in [0.29, 0.717) is 11.1 Å². The van der Waals surface area contributed by atoms with Crippen LogP contribution in [0.3, 0.4) is 0 Å². The molecule has 0 radical (unpaired) electrons. The summed E-state index contributed by atoms with van der Waals surface area (Å²) in [6.45, 7) is 0. The molecule has 24 heavy (non-hydrogen) atoms. The van der Waals surface area contributed by atoms with Crippen LogP contribution in [0.1, 0.15) is 31.8 Å². The molecule has 0 N–H and O–H groups in total. The van der Waals surface area contributed by atoms with Crippen molar-refractivity contribution in [2.45, 2.75) is 0 Å². The first-order valence-electron chi connectivity index (χ1n) is 7.10. The smallest absolute Gasteiger partial charge is 0.194 e. The maximum absolute atomic E-state index is 12.9. The van der Waals surface area contributed by atoms with Crippen LogP contribution in [-0.4, -0.2) is 16.6 Å². The molecule has 118 valence electrons. The first-order valence-corrected chi connectivity index (χ1v) is 7.10. The van der Waals surface area contributed by atoms with Crippen LogP contribution < -0.4 is 0 Å². The molecule has 0 aliphatic carbocycles. The van der Waals surface area contributed by atoms with Crippen LogP contribution >= 0.6 is 0 Å². The predicted octanol–water partition coefficient (Wildman–Crippen LogP) is 3.82. The number of rotatable bonds is 4. The highest BCUT2D eigenvalue weighted by atomic mass is 19.1. The van der Waals surface area contributed by atoms with Gasteiger partial charge in [-0.25, -0.2) is 8.78 Å². The van der Waals surface area contributed by atoms with Gasteiger partial charge in [0.15, 0.2) is 11.6 Å². The van der Waals surface area contributed by atoms with Crippen molar-refractivity contribution in [3.8, 4) is 0 Å². The lowest BCUT2D eigenvalue weighted by atomic mass is 10.00. The number of ketones is 2. The topological polar surface area (TPSA) is 47.0 Å². The molecule has 5 heteroatoms. The summed E-state index contributed by atoms with van der Waals surface area (Å²) in [6, 6.07) is 11.6. The van der Waals surface area contributed by atoms with Crippen molar-refractivity contribution in [2.24, 2.45) is 0 Å². The molecule has 0 bridgehead atoms. The van der Waals surface area contributed by atoms with Gasteiger partial charge >= 0.3 is 0 Å². The number of carbonyl (C=O) groups is 2. The van der Waals surface area contributed by atoms with Crippen LogP contribution in [0.5, 0.6) is 0 Å². The van der Waals surface area contributed by atoms with Crippen molar-refractivity contribution in [1.29, 1.82) is 0 Å². The zero-order chi connectivity index (χ0) is 17.1. The standard InChI is InChI=1S/C19H11F2NO2/c20-16-5-1-12(2-6-16)18(23)14-9-15(11-22-10-14)19(24)13-3-7-17(21)8-4-13/h1-11H. The first kappa shape index (κ1) is 15.7. The van der Waals surface area contributed by atoms with Crippen LogP contribution in [0, 0.1) is 11.6 Å². The van der Waals surface area contributed by atoms with Gasteiger partial charge in [0.05, 0.1) is 0 Å². The number of benzene rings is 2. The highest BCUT2D eigenvalue weighted by Crippen LogP contribution is 2.15. The SMILES string of the molecule is O=C(c1ccc(F)cc1)c1cncc(C(=O)c2ccc(F)cc2)c1. The molecule has 2 aromatic carbocycles. The molecule has 0 saturated heterocycles. The summed E-state index contributed by atoms with van der Waals surface area (Å²) >= 11 is 0. The second-order valence-corrected chi connectivity index (χ2v) is 5.13. The van der Waals surface area contributed by atoms with Crippen LogP contribution in [-0.2, 0) is 0 Å². The molecule has 1 heterocycles. The normalized spacial score (nSPS) is 10.4. The van der Waals surface area contributed by atoms with Crippen LogP contribution in [0.2, 0.25) is 0 Å². The zero-order valence-electron chi connectivity index (χ0n) is 12.4. The van der Waals surface area contributed by atoms with Gasteiger partial charge < -0.3 is 0 Å². The van der Waals surface area contributed by atoms with E-state index >= 15 is 0 Å². The Morgan fingerprint density at radius 2 is 1.00 bits per heavy atom. The van der Waals surface area contributed by atoms with Gasteiger partial charge in [-0.05, 0) is 54.6 Å². The first-order chi connectivity index (χ1) is 11.5. The third-order valence-electron chi connectivity index (χ3n) is 3.48. The molecule has 3 aromatic rings. The van der Waals surface area contributed by atoms with E-state index in [2.05, 4.69) is 4.98 Å². The lowest BCUT2D eigenvalue weighted by Gasteiger charge is -2.04. The van der Waals surface area contributed by atoms with Crippen LogP contribution in [0.4, 0.5) is 8.78 Å². The van der Waals surface area contributed by atoms with Crippen molar-refractivity contribution < 1.29 is 18.4 Å². The van der Waals surface area contributed by atoms with Gasteiger partial charge in [-0.2, -0.15) is 0 Å². The number of pyridine rings is 1. The van der Waals surface area contributed by atoms with E-state index in [-0.39, 0.29) is 22.7 Å².